The minimum absolute atomic E-state index is 0.283. The highest BCUT2D eigenvalue weighted by molar-refractivity contribution is 6.08. The molecule has 0 unspecified atom stereocenters. The van der Waals surface area contributed by atoms with Crippen molar-refractivity contribution < 1.29 is 28.7 Å². The van der Waals surface area contributed by atoms with Crippen molar-refractivity contribution in [2.24, 2.45) is 5.73 Å². The first-order chi connectivity index (χ1) is 12.1. The minimum atomic E-state index is -1.09. The fourth-order valence-corrected chi connectivity index (χ4v) is 2.20. The van der Waals surface area contributed by atoms with Crippen molar-refractivity contribution in [3.63, 3.8) is 0 Å². The smallest absolute Gasteiger partial charge is 0.326 e. The second-order valence-corrected chi connectivity index (χ2v) is 6.10. The quantitative estimate of drug-likeness (QED) is 0.463. The maximum Gasteiger partial charge on any atom is 0.326 e. The van der Waals surface area contributed by atoms with Crippen molar-refractivity contribution in [2.45, 2.75) is 19.4 Å². The molecule has 26 heavy (non-hydrogen) atoms. The third-order valence-electron chi connectivity index (χ3n) is 3.55. The van der Waals surface area contributed by atoms with Crippen LogP contribution in [0.3, 0.4) is 0 Å². The Labute approximate surface area is 148 Å². The Balaban J connectivity index is 1.82. The van der Waals surface area contributed by atoms with Crippen LogP contribution in [0.1, 0.15) is 24.2 Å². The number of imide groups is 1. The van der Waals surface area contributed by atoms with Gasteiger partial charge in [0.25, 0.3) is 11.8 Å². The Kier molecular flexibility index (Phi) is 5.24. The number of anilines is 1. The van der Waals surface area contributed by atoms with Gasteiger partial charge in [-0.15, -0.1) is 0 Å². The Hall–Kier alpha value is -3.43. The Bertz CT molecular complexity index is 771. The van der Waals surface area contributed by atoms with Gasteiger partial charge in [0.1, 0.15) is 12.1 Å². The first kappa shape index (κ1) is 18.9. The molecule has 5 amide bonds. The fraction of sp³-hybridized carbons (Fsp3) is 0.312. The first-order valence-electron chi connectivity index (χ1n) is 7.59. The number of ether oxygens (including phenoxy) is 1. The summed E-state index contributed by atoms with van der Waals surface area (Å²) in [6.45, 7) is 1.84. The molecule has 1 aromatic rings. The van der Waals surface area contributed by atoms with E-state index in [-0.39, 0.29) is 5.56 Å². The number of nitrogens with one attached hydrogen (secondary N) is 2. The number of carbonyl (C=O) groups is 5. The molecule has 0 bridgehead atoms. The lowest BCUT2D eigenvalue weighted by Crippen LogP contribution is -2.41. The number of primary amides is 1. The predicted molar refractivity (Wildman–Crippen MR) is 88.9 cm³/mol. The molecule has 0 atom stereocenters. The molecule has 0 radical (unpaired) electrons. The number of nitrogens with two attached hydrogens (primary N) is 1. The van der Waals surface area contributed by atoms with Gasteiger partial charge in [-0.1, -0.05) is 0 Å². The first-order valence-corrected chi connectivity index (χ1v) is 7.59. The van der Waals surface area contributed by atoms with Crippen LogP contribution in [-0.2, 0) is 19.1 Å². The second kappa shape index (κ2) is 7.21. The van der Waals surface area contributed by atoms with Crippen LogP contribution in [0.15, 0.2) is 24.3 Å². The van der Waals surface area contributed by atoms with Gasteiger partial charge in [0.15, 0.2) is 6.61 Å². The van der Waals surface area contributed by atoms with Crippen molar-refractivity contribution in [1.29, 1.82) is 0 Å². The summed E-state index contributed by atoms with van der Waals surface area (Å²) in [6.07, 6.45) is 0. The van der Waals surface area contributed by atoms with Gasteiger partial charge in [0.2, 0.25) is 5.91 Å². The molecule has 2 rings (SSSR count). The summed E-state index contributed by atoms with van der Waals surface area (Å²) < 4.78 is 4.77. The van der Waals surface area contributed by atoms with Crippen LogP contribution >= 0.6 is 0 Å². The van der Waals surface area contributed by atoms with E-state index in [4.69, 9.17) is 10.5 Å². The fourth-order valence-electron chi connectivity index (χ4n) is 2.20. The van der Waals surface area contributed by atoms with Gasteiger partial charge in [-0.2, -0.15) is 0 Å². The number of rotatable bonds is 6. The van der Waals surface area contributed by atoms with E-state index in [1.165, 1.54) is 38.1 Å². The lowest BCUT2D eigenvalue weighted by atomic mass is 10.1. The van der Waals surface area contributed by atoms with Crippen molar-refractivity contribution in [3.8, 4) is 0 Å². The van der Waals surface area contributed by atoms with Gasteiger partial charge in [0.05, 0.1) is 0 Å². The molecule has 1 saturated heterocycles. The molecule has 1 fully saturated rings. The number of nitrogens with zero attached hydrogens (tertiary/aromatic N) is 1. The zero-order valence-electron chi connectivity index (χ0n) is 14.2. The molecule has 0 aliphatic carbocycles. The average molecular weight is 362 g/mol. The van der Waals surface area contributed by atoms with E-state index < -0.39 is 48.4 Å². The molecule has 4 N–H and O–H groups in total. The lowest BCUT2D eigenvalue weighted by Gasteiger charge is -2.15. The standard InChI is InChI=1S/C16H18N4O6/c1-16(2)14(24)20(15(25)19-16)7-12(22)26-8-11(21)18-10-5-3-9(4-6-10)13(17)23/h3-6H,7-8H2,1-2H3,(H2,17,23)(H,18,21)(H,19,25). The maximum absolute atomic E-state index is 12.0. The van der Waals surface area contributed by atoms with E-state index in [0.717, 1.165) is 4.90 Å². The van der Waals surface area contributed by atoms with Crippen LogP contribution in [0, 0.1) is 0 Å². The highest BCUT2D eigenvalue weighted by Gasteiger charge is 2.45. The summed E-state index contributed by atoms with van der Waals surface area (Å²) in [6, 6.07) is 5.10. The van der Waals surface area contributed by atoms with Gasteiger partial charge in [-0.05, 0) is 38.1 Å². The normalized spacial score (nSPS) is 15.4. The molecule has 0 aromatic heterocycles. The van der Waals surface area contributed by atoms with Crippen LogP contribution in [0.5, 0.6) is 0 Å². The van der Waals surface area contributed by atoms with Gasteiger partial charge >= 0.3 is 12.0 Å². The van der Waals surface area contributed by atoms with E-state index in [2.05, 4.69) is 10.6 Å². The zero-order valence-corrected chi connectivity index (χ0v) is 14.2. The molecule has 1 heterocycles. The summed E-state index contributed by atoms with van der Waals surface area (Å²) >= 11 is 0. The van der Waals surface area contributed by atoms with Crippen molar-refractivity contribution in [3.05, 3.63) is 29.8 Å². The summed E-state index contributed by atoms with van der Waals surface area (Å²) in [4.78, 5) is 58.8. The Morgan fingerprint density at radius 2 is 1.81 bits per heavy atom. The molecule has 1 aromatic carbocycles. The second-order valence-electron chi connectivity index (χ2n) is 6.10. The molecular weight excluding hydrogens is 344 g/mol. The van der Waals surface area contributed by atoms with Gasteiger partial charge < -0.3 is 21.1 Å². The largest absolute Gasteiger partial charge is 0.454 e. The van der Waals surface area contributed by atoms with E-state index in [0.29, 0.717) is 5.69 Å². The van der Waals surface area contributed by atoms with Crippen molar-refractivity contribution >= 4 is 35.4 Å². The van der Waals surface area contributed by atoms with Gasteiger partial charge in [0, 0.05) is 11.3 Å². The topological polar surface area (TPSA) is 148 Å². The number of urea groups is 1. The molecular formula is C16H18N4O6. The third kappa shape index (κ3) is 4.35. The van der Waals surface area contributed by atoms with Crippen LogP contribution in [0.25, 0.3) is 0 Å². The molecule has 0 saturated carbocycles. The molecule has 10 nitrogen and oxygen atoms in total. The lowest BCUT2D eigenvalue weighted by molar-refractivity contribution is -0.150. The number of carbonyl (C=O) groups excluding carboxylic acids is 5. The van der Waals surface area contributed by atoms with Crippen molar-refractivity contribution in [1.82, 2.24) is 10.2 Å². The summed E-state index contributed by atoms with van der Waals surface area (Å²) in [5.74, 6) is -2.67. The minimum Gasteiger partial charge on any atom is -0.454 e. The number of hydrogen-bond acceptors (Lipinski definition) is 6. The van der Waals surface area contributed by atoms with E-state index in [9.17, 15) is 24.0 Å². The van der Waals surface area contributed by atoms with E-state index in [1.54, 1.807) is 0 Å². The van der Waals surface area contributed by atoms with Gasteiger partial charge in [-0.25, -0.2) is 4.79 Å². The van der Waals surface area contributed by atoms with Crippen LogP contribution < -0.4 is 16.4 Å². The highest BCUT2D eigenvalue weighted by Crippen LogP contribution is 2.16. The average Bonchev–Trinajstić information content (AvgIpc) is 2.75. The van der Waals surface area contributed by atoms with Gasteiger partial charge in [-0.3, -0.25) is 24.1 Å². The molecule has 138 valence electrons. The number of esters is 1. The number of amides is 5. The van der Waals surface area contributed by atoms with Crippen molar-refractivity contribution in [2.75, 3.05) is 18.5 Å². The van der Waals surface area contributed by atoms with E-state index in [1.807, 2.05) is 0 Å². The monoisotopic (exact) mass is 362 g/mol. The maximum atomic E-state index is 12.0. The molecule has 1 aliphatic heterocycles. The highest BCUT2D eigenvalue weighted by atomic mass is 16.5. The molecule has 0 spiro atoms. The van der Waals surface area contributed by atoms with Crippen LogP contribution in [0.2, 0.25) is 0 Å². The Morgan fingerprint density at radius 3 is 2.31 bits per heavy atom. The molecule has 1 aliphatic rings. The third-order valence-corrected chi connectivity index (χ3v) is 3.55. The van der Waals surface area contributed by atoms with Crippen LogP contribution in [-0.4, -0.2) is 53.3 Å². The SMILES string of the molecule is CC1(C)NC(=O)N(CC(=O)OCC(=O)Nc2ccc(C(N)=O)cc2)C1=O. The zero-order chi connectivity index (χ0) is 19.5. The Morgan fingerprint density at radius 1 is 1.19 bits per heavy atom. The summed E-state index contributed by atoms with van der Waals surface area (Å²) in [5, 5.41) is 4.89. The summed E-state index contributed by atoms with van der Waals surface area (Å²) in [7, 11) is 0. The number of hydrogen-bond donors (Lipinski definition) is 3. The van der Waals surface area contributed by atoms with E-state index >= 15 is 0 Å². The summed E-state index contributed by atoms with van der Waals surface area (Å²) in [5.41, 5.74) is 4.68. The predicted octanol–water partition coefficient (Wildman–Crippen LogP) is -0.402. The van der Waals surface area contributed by atoms with Crippen LogP contribution in [0.4, 0.5) is 10.5 Å². The number of benzene rings is 1. The molecule has 10 heteroatoms.